The molecule has 2 amide bonds. The van der Waals surface area contributed by atoms with E-state index < -0.39 is 6.04 Å². The Morgan fingerprint density at radius 3 is 2.88 bits per heavy atom. The molecule has 1 aliphatic rings. The van der Waals surface area contributed by atoms with Crippen molar-refractivity contribution in [2.75, 3.05) is 13.1 Å². The first-order chi connectivity index (χ1) is 11.6. The minimum atomic E-state index is -0.619. The molecule has 0 saturated heterocycles. The number of fused-ring (bicyclic) bond motifs is 1. The van der Waals surface area contributed by atoms with E-state index in [0.717, 1.165) is 13.0 Å². The van der Waals surface area contributed by atoms with Gasteiger partial charge >= 0.3 is 0 Å². The van der Waals surface area contributed by atoms with Crippen LogP contribution in [0, 0.1) is 0 Å². The molecule has 0 bridgehead atoms. The maximum atomic E-state index is 12.2. The SMILES string of the molecule is CC(NC(=O)c1ccoc1)C(=O)NCC1NCCc2ccccc21.Cl. The Kier molecular flexibility index (Phi) is 6.61. The lowest BCUT2D eigenvalue weighted by Crippen LogP contribution is -2.47. The average molecular weight is 364 g/mol. The van der Waals surface area contributed by atoms with Crippen LogP contribution in [0.1, 0.15) is 34.5 Å². The Morgan fingerprint density at radius 2 is 2.12 bits per heavy atom. The molecule has 2 unspecified atom stereocenters. The first-order valence-electron chi connectivity index (χ1n) is 8.07. The van der Waals surface area contributed by atoms with Gasteiger partial charge in [-0.15, -0.1) is 12.4 Å². The largest absolute Gasteiger partial charge is 0.472 e. The Bertz CT molecular complexity index is 718. The lowest BCUT2D eigenvalue weighted by molar-refractivity contribution is -0.122. The van der Waals surface area contributed by atoms with E-state index in [1.807, 2.05) is 12.1 Å². The molecule has 0 fully saturated rings. The first kappa shape index (κ1) is 19.0. The summed E-state index contributed by atoms with van der Waals surface area (Å²) < 4.78 is 4.87. The van der Waals surface area contributed by atoms with Crippen LogP contribution in [0.25, 0.3) is 0 Å². The summed E-state index contributed by atoms with van der Waals surface area (Å²) in [5.41, 5.74) is 2.94. The molecule has 1 aromatic carbocycles. The van der Waals surface area contributed by atoms with Gasteiger partial charge in [-0.2, -0.15) is 0 Å². The molecule has 2 aromatic rings. The standard InChI is InChI=1S/C18H21N3O3.ClH/c1-12(21-18(23)14-7-9-24-11-14)17(22)20-10-16-15-5-3-2-4-13(15)6-8-19-16;/h2-5,7,9,11-12,16,19H,6,8,10H2,1H3,(H,20,22)(H,21,23);1H. The van der Waals surface area contributed by atoms with Crippen LogP contribution in [0.3, 0.4) is 0 Å². The molecule has 0 radical (unpaired) electrons. The summed E-state index contributed by atoms with van der Waals surface area (Å²) in [5.74, 6) is -0.538. The number of nitrogens with one attached hydrogen (secondary N) is 3. The summed E-state index contributed by atoms with van der Waals surface area (Å²) in [5, 5.41) is 8.98. The highest BCUT2D eigenvalue weighted by Crippen LogP contribution is 2.21. The number of hydrogen-bond donors (Lipinski definition) is 3. The van der Waals surface area contributed by atoms with Crippen LogP contribution in [0.5, 0.6) is 0 Å². The second-order valence-electron chi connectivity index (χ2n) is 5.91. The third kappa shape index (κ3) is 4.61. The fraction of sp³-hybridized carbons (Fsp3) is 0.333. The molecule has 6 nitrogen and oxygen atoms in total. The highest BCUT2D eigenvalue weighted by Gasteiger charge is 2.22. The molecular weight excluding hydrogens is 342 g/mol. The lowest BCUT2D eigenvalue weighted by Gasteiger charge is -2.27. The van der Waals surface area contributed by atoms with Gasteiger partial charge in [-0.1, -0.05) is 24.3 Å². The molecule has 0 spiro atoms. The monoisotopic (exact) mass is 363 g/mol. The van der Waals surface area contributed by atoms with E-state index in [2.05, 4.69) is 28.1 Å². The number of carbonyl (C=O) groups is 2. The average Bonchev–Trinajstić information content (AvgIpc) is 3.14. The summed E-state index contributed by atoms with van der Waals surface area (Å²) in [6.45, 7) is 3.04. The van der Waals surface area contributed by atoms with Gasteiger partial charge in [0.1, 0.15) is 12.3 Å². The molecule has 3 N–H and O–H groups in total. The van der Waals surface area contributed by atoms with Gasteiger partial charge in [0.2, 0.25) is 5.91 Å². The van der Waals surface area contributed by atoms with Crippen LogP contribution >= 0.6 is 12.4 Å². The van der Waals surface area contributed by atoms with Gasteiger partial charge in [0, 0.05) is 12.6 Å². The predicted molar refractivity (Wildman–Crippen MR) is 96.8 cm³/mol. The van der Waals surface area contributed by atoms with Crippen molar-refractivity contribution in [2.45, 2.75) is 25.4 Å². The Morgan fingerprint density at radius 1 is 1.32 bits per heavy atom. The van der Waals surface area contributed by atoms with Crippen molar-refractivity contribution in [1.82, 2.24) is 16.0 Å². The number of amides is 2. The predicted octanol–water partition coefficient (Wildman–Crippen LogP) is 1.82. The Balaban J connectivity index is 0.00000225. The molecule has 134 valence electrons. The molecule has 0 saturated carbocycles. The summed E-state index contributed by atoms with van der Waals surface area (Å²) in [6.07, 6.45) is 3.77. The molecule has 0 aliphatic carbocycles. The molecule has 1 aromatic heterocycles. The minimum Gasteiger partial charge on any atom is -0.472 e. The van der Waals surface area contributed by atoms with Gasteiger partial charge in [0.25, 0.3) is 5.91 Å². The quantitative estimate of drug-likeness (QED) is 0.756. The van der Waals surface area contributed by atoms with Gasteiger partial charge in [-0.05, 0) is 37.1 Å². The second-order valence-corrected chi connectivity index (χ2v) is 5.91. The van der Waals surface area contributed by atoms with Crippen molar-refractivity contribution >= 4 is 24.2 Å². The van der Waals surface area contributed by atoms with E-state index >= 15 is 0 Å². The van der Waals surface area contributed by atoms with Crippen LogP contribution in [-0.2, 0) is 11.2 Å². The smallest absolute Gasteiger partial charge is 0.255 e. The lowest BCUT2D eigenvalue weighted by atomic mass is 9.94. The zero-order valence-electron chi connectivity index (χ0n) is 14.0. The van der Waals surface area contributed by atoms with Crippen LogP contribution in [0.2, 0.25) is 0 Å². The maximum absolute atomic E-state index is 12.2. The third-order valence-corrected chi connectivity index (χ3v) is 4.22. The van der Waals surface area contributed by atoms with E-state index in [9.17, 15) is 9.59 Å². The van der Waals surface area contributed by atoms with Crippen molar-refractivity contribution in [2.24, 2.45) is 0 Å². The van der Waals surface area contributed by atoms with E-state index in [1.165, 1.54) is 23.7 Å². The zero-order chi connectivity index (χ0) is 16.9. The van der Waals surface area contributed by atoms with Crippen molar-refractivity contribution in [3.8, 4) is 0 Å². The molecule has 7 heteroatoms. The molecular formula is C18H22ClN3O3. The highest BCUT2D eigenvalue weighted by atomic mass is 35.5. The van der Waals surface area contributed by atoms with Crippen LogP contribution in [0.4, 0.5) is 0 Å². The van der Waals surface area contributed by atoms with E-state index in [1.54, 1.807) is 13.0 Å². The maximum Gasteiger partial charge on any atom is 0.255 e. The van der Waals surface area contributed by atoms with Crippen molar-refractivity contribution in [3.05, 3.63) is 59.5 Å². The van der Waals surface area contributed by atoms with Gasteiger partial charge in [0.15, 0.2) is 0 Å². The zero-order valence-corrected chi connectivity index (χ0v) is 14.8. The second kappa shape index (κ2) is 8.69. The molecule has 3 rings (SSSR count). The van der Waals surface area contributed by atoms with E-state index in [0.29, 0.717) is 12.1 Å². The third-order valence-electron chi connectivity index (χ3n) is 4.22. The molecule has 25 heavy (non-hydrogen) atoms. The molecule has 2 atom stereocenters. The number of rotatable bonds is 5. The highest BCUT2D eigenvalue weighted by molar-refractivity contribution is 5.97. The number of furan rings is 1. The molecule has 1 aliphatic heterocycles. The van der Waals surface area contributed by atoms with Crippen LogP contribution in [-0.4, -0.2) is 30.9 Å². The first-order valence-corrected chi connectivity index (χ1v) is 8.07. The van der Waals surface area contributed by atoms with Crippen molar-refractivity contribution < 1.29 is 14.0 Å². The number of benzene rings is 1. The summed E-state index contributed by atoms with van der Waals surface area (Å²) >= 11 is 0. The number of carbonyl (C=O) groups excluding carboxylic acids is 2. The normalized spacial score (nSPS) is 16.9. The van der Waals surface area contributed by atoms with Crippen molar-refractivity contribution in [1.29, 1.82) is 0 Å². The molecule has 2 heterocycles. The summed E-state index contributed by atoms with van der Waals surface area (Å²) in [4.78, 5) is 24.2. The fourth-order valence-electron chi connectivity index (χ4n) is 2.87. The number of halogens is 1. The van der Waals surface area contributed by atoms with E-state index in [4.69, 9.17) is 4.42 Å². The summed E-state index contributed by atoms with van der Waals surface area (Å²) in [6, 6.07) is 9.29. The fourth-order valence-corrected chi connectivity index (χ4v) is 2.87. The topological polar surface area (TPSA) is 83.4 Å². The van der Waals surface area contributed by atoms with Crippen LogP contribution < -0.4 is 16.0 Å². The van der Waals surface area contributed by atoms with E-state index in [-0.39, 0.29) is 30.3 Å². The van der Waals surface area contributed by atoms with Gasteiger partial charge in [-0.25, -0.2) is 0 Å². The van der Waals surface area contributed by atoms with Gasteiger partial charge < -0.3 is 20.4 Å². The van der Waals surface area contributed by atoms with Gasteiger partial charge in [-0.3, -0.25) is 9.59 Å². The van der Waals surface area contributed by atoms with Gasteiger partial charge in [0.05, 0.1) is 11.8 Å². The minimum absolute atomic E-state index is 0. The van der Waals surface area contributed by atoms with Crippen molar-refractivity contribution in [3.63, 3.8) is 0 Å². The number of hydrogen-bond acceptors (Lipinski definition) is 4. The summed E-state index contributed by atoms with van der Waals surface area (Å²) in [7, 11) is 0. The van der Waals surface area contributed by atoms with Crippen LogP contribution in [0.15, 0.2) is 47.3 Å². The Hall–Kier alpha value is -2.31. The Labute approximate surface area is 152 Å².